The number of hydrogen-bond donors (Lipinski definition) is 1. The van der Waals surface area contributed by atoms with Crippen LogP contribution in [0.3, 0.4) is 0 Å². The van der Waals surface area contributed by atoms with E-state index in [4.69, 9.17) is 0 Å². The Balaban J connectivity index is 1.97. The third-order valence-electron chi connectivity index (χ3n) is 2.19. The number of benzene rings is 1. The lowest BCUT2D eigenvalue weighted by molar-refractivity contribution is 1.05. The highest BCUT2D eigenvalue weighted by molar-refractivity contribution is 14.1. The molecular weight excluding hydrogens is 313 g/mol. The Morgan fingerprint density at radius 3 is 2.38 bits per heavy atom. The molecule has 0 aliphatic carbocycles. The average Bonchev–Trinajstić information content (AvgIpc) is 2.30. The molecule has 0 aliphatic heterocycles. The van der Waals surface area contributed by atoms with Crippen LogP contribution in [0, 0.1) is 10.5 Å². The minimum Gasteiger partial charge on any atom is -0.350 e. The van der Waals surface area contributed by atoms with Crippen molar-refractivity contribution >= 4 is 28.5 Å². The first-order chi connectivity index (χ1) is 7.74. The van der Waals surface area contributed by atoms with Gasteiger partial charge in [0.05, 0.1) is 0 Å². The van der Waals surface area contributed by atoms with Crippen molar-refractivity contribution in [3.8, 4) is 0 Å². The molecule has 0 atom stereocenters. The highest BCUT2D eigenvalue weighted by Crippen LogP contribution is 2.06. The summed E-state index contributed by atoms with van der Waals surface area (Å²) in [6.07, 6.45) is 3.59. The normalized spacial score (nSPS) is 10.1. The second kappa shape index (κ2) is 5.25. The molecule has 0 amide bonds. The standard InChI is InChI=1S/C12H12IN3/c1-9-2-4-10(5-3-9)6-14-12-15-7-11(13)8-16-12/h2-5,7-8H,6H2,1H3,(H,14,15,16). The monoisotopic (exact) mass is 325 g/mol. The Morgan fingerprint density at radius 2 is 1.75 bits per heavy atom. The van der Waals surface area contributed by atoms with Crippen molar-refractivity contribution in [2.45, 2.75) is 13.5 Å². The SMILES string of the molecule is Cc1ccc(CNc2ncc(I)cn2)cc1. The maximum atomic E-state index is 4.18. The van der Waals surface area contributed by atoms with Gasteiger partial charge in [0.15, 0.2) is 0 Å². The lowest BCUT2D eigenvalue weighted by Gasteiger charge is -2.04. The van der Waals surface area contributed by atoms with Crippen LogP contribution in [-0.2, 0) is 6.54 Å². The quantitative estimate of drug-likeness (QED) is 0.882. The molecule has 0 radical (unpaired) electrons. The van der Waals surface area contributed by atoms with Gasteiger partial charge in [-0.3, -0.25) is 0 Å². The smallest absolute Gasteiger partial charge is 0.222 e. The summed E-state index contributed by atoms with van der Waals surface area (Å²) in [5.74, 6) is 0.668. The van der Waals surface area contributed by atoms with Gasteiger partial charge in [-0.05, 0) is 35.1 Å². The number of aryl methyl sites for hydroxylation is 1. The molecule has 0 unspecified atom stereocenters. The van der Waals surface area contributed by atoms with Crippen LogP contribution in [0.4, 0.5) is 5.95 Å². The van der Waals surface area contributed by atoms with Crippen LogP contribution in [0.5, 0.6) is 0 Å². The largest absolute Gasteiger partial charge is 0.350 e. The van der Waals surface area contributed by atoms with E-state index in [1.165, 1.54) is 11.1 Å². The van der Waals surface area contributed by atoms with Gasteiger partial charge >= 0.3 is 0 Å². The maximum Gasteiger partial charge on any atom is 0.222 e. The van der Waals surface area contributed by atoms with Gasteiger partial charge in [-0.15, -0.1) is 0 Å². The van der Waals surface area contributed by atoms with Crippen LogP contribution >= 0.6 is 22.6 Å². The van der Waals surface area contributed by atoms with Gasteiger partial charge < -0.3 is 5.32 Å². The molecule has 82 valence electrons. The number of nitrogens with one attached hydrogen (secondary N) is 1. The van der Waals surface area contributed by atoms with Gasteiger partial charge in [0, 0.05) is 22.5 Å². The van der Waals surface area contributed by atoms with E-state index in [0.717, 1.165) is 10.1 Å². The maximum absolute atomic E-state index is 4.18. The summed E-state index contributed by atoms with van der Waals surface area (Å²) < 4.78 is 1.04. The molecule has 0 bridgehead atoms. The Hall–Kier alpha value is -1.17. The summed E-state index contributed by atoms with van der Waals surface area (Å²) >= 11 is 2.19. The fourth-order valence-corrected chi connectivity index (χ4v) is 1.57. The molecule has 1 aromatic heterocycles. The zero-order valence-electron chi connectivity index (χ0n) is 8.94. The van der Waals surface area contributed by atoms with Gasteiger partial charge in [0.25, 0.3) is 0 Å². The van der Waals surface area contributed by atoms with Crippen LogP contribution in [0.1, 0.15) is 11.1 Å². The van der Waals surface area contributed by atoms with Crippen molar-refractivity contribution < 1.29 is 0 Å². The first-order valence-corrected chi connectivity index (χ1v) is 6.09. The van der Waals surface area contributed by atoms with E-state index in [-0.39, 0.29) is 0 Å². The second-order valence-corrected chi connectivity index (χ2v) is 4.81. The second-order valence-electron chi connectivity index (χ2n) is 3.56. The molecule has 4 heteroatoms. The predicted molar refractivity (Wildman–Crippen MR) is 73.3 cm³/mol. The van der Waals surface area contributed by atoms with Crippen molar-refractivity contribution in [1.29, 1.82) is 0 Å². The highest BCUT2D eigenvalue weighted by atomic mass is 127. The molecule has 3 nitrogen and oxygen atoms in total. The molecule has 1 heterocycles. The Morgan fingerprint density at radius 1 is 1.12 bits per heavy atom. The Bertz CT molecular complexity index is 405. The van der Waals surface area contributed by atoms with Crippen molar-refractivity contribution in [3.05, 3.63) is 51.4 Å². The lowest BCUT2D eigenvalue weighted by atomic mass is 10.1. The average molecular weight is 325 g/mol. The van der Waals surface area contributed by atoms with E-state index in [0.29, 0.717) is 5.95 Å². The molecule has 16 heavy (non-hydrogen) atoms. The van der Waals surface area contributed by atoms with E-state index in [2.05, 4.69) is 69.1 Å². The molecular formula is C12H12IN3. The van der Waals surface area contributed by atoms with Crippen LogP contribution < -0.4 is 5.32 Å². The number of halogens is 1. The van der Waals surface area contributed by atoms with Crippen molar-refractivity contribution in [2.24, 2.45) is 0 Å². The Labute approximate surface area is 108 Å². The van der Waals surface area contributed by atoms with Gasteiger partial charge in [0.2, 0.25) is 5.95 Å². The minimum atomic E-state index is 0.668. The van der Waals surface area contributed by atoms with Crippen LogP contribution in [0.2, 0.25) is 0 Å². The topological polar surface area (TPSA) is 37.8 Å². The van der Waals surface area contributed by atoms with E-state index in [9.17, 15) is 0 Å². The molecule has 0 spiro atoms. The minimum absolute atomic E-state index is 0.668. The van der Waals surface area contributed by atoms with E-state index >= 15 is 0 Å². The predicted octanol–water partition coefficient (Wildman–Crippen LogP) is 3.00. The van der Waals surface area contributed by atoms with Crippen molar-refractivity contribution in [1.82, 2.24) is 9.97 Å². The molecule has 1 aromatic carbocycles. The number of hydrogen-bond acceptors (Lipinski definition) is 3. The van der Waals surface area contributed by atoms with Crippen LogP contribution in [0.25, 0.3) is 0 Å². The summed E-state index contributed by atoms with van der Waals surface area (Å²) in [7, 11) is 0. The molecule has 0 saturated carbocycles. The molecule has 1 N–H and O–H groups in total. The number of anilines is 1. The summed E-state index contributed by atoms with van der Waals surface area (Å²) in [6.45, 7) is 2.83. The number of rotatable bonds is 3. The summed E-state index contributed by atoms with van der Waals surface area (Å²) in [4.78, 5) is 8.36. The van der Waals surface area contributed by atoms with E-state index < -0.39 is 0 Å². The van der Waals surface area contributed by atoms with E-state index in [1.807, 2.05) is 0 Å². The van der Waals surface area contributed by atoms with Gasteiger partial charge in [-0.1, -0.05) is 29.8 Å². The summed E-state index contributed by atoms with van der Waals surface area (Å²) in [5.41, 5.74) is 2.50. The first kappa shape index (κ1) is 11.3. The van der Waals surface area contributed by atoms with Gasteiger partial charge in [-0.2, -0.15) is 0 Å². The van der Waals surface area contributed by atoms with Gasteiger partial charge in [-0.25, -0.2) is 9.97 Å². The molecule has 0 saturated heterocycles. The molecule has 2 aromatic rings. The Kier molecular flexibility index (Phi) is 3.71. The molecule has 2 rings (SSSR count). The summed E-state index contributed by atoms with van der Waals surface area (Å²) in [5, 5.41) is 3.18. The van der Waals surface area contributed by atoms with Crippen molar-refractivity contribution in [3.63, 3.8) is 0 Å². The van der Waals surface area contributed by atoms with Crippen LogP contribution in [0.15, 0.2) is 36.7 Å². The zero-order chi connectivity index (χ0) is 11.4. The van der Waals surface area contributed by atoms with Crippen molar-refractivity contribution in [2.75, 3.05) is 5.32 Å². The number of aromatic nitrogens is 2. The zero-order valence-corrected chi connectivity index (χ0v) is 11.1. The fraction of sp³-hybridized carbons (Fsp3) is 0.167. The first-order valence-electron chi connectivity index (χ1n) is 5.01. The number of nitrogens with zero attached hydrogens (tertiary/aromatic N) is 2. The fourth-order valence-electron chi connectivity index (χ4n) is 1.29. The van der Waals surface area contributed by atoms with E-state index in [1.54, 1.807) is 12.4 Å². The third-order valence-corrected chi connectivity index (χ3v) is 2.75. The summed E-state index contributed by atoms with van der Waals surface area (Å²) in [6, 6.07) is 8.42. The van der Waals surface area contributed by atoms with Crippen LogP contribution in [-0.4, -0.2) is 9.97 Å². The highest BCUT2D eigenvalue weighted by Gasteiger charge is 1.96. The molecule has 0 fully saturated rings. The third kappa shape index (κ3) is 3.16. The lowest BCUT2D eigenvalue weighted by Crippen LogP contribution is -2.03. The van der Waals surface area contributed by atoms with Gasteiger partial charge in [0.1, 0.15) is 0 Å². The molecule has 0 aliphatic rings.